The molecule has 0 radical (unpaired) electrons. The molecule has 1 N–H and O–H groups in total. The van der Waals surface area contributed by atoms with Crippen molar-refractivity contribution in [1.82, 2.24) is 0 Å². The Kier molecular flexibility index (Phi) is 4.53. The third kappa shape index (κ3) is 4.07. The molecular formula is C16H14BrNO. The molecule has 2 nitrogen and oxygen atoms in total. The number of aryl methyl sites for hydroxylation is 1. The predicted octanol–water partition coefficient (Wildman–Crippen LogP) is 4.37. The van der Waals surface area contributed by atoms with Gasteiger partial charge in [-0.15, -0.1) is 0 Å². The van der Waals surface area contributed by atoms with Crippen LogP contribution in [0.4, 0.5) is 5.69 Å². The fourth-order valence-electron chi connectivity index (χ4n) is 1.67. The Hall–Kier alpha value is -1.87. The van der Waals surface area contributed by atoms with Crippen LogP contribution in [0.1, 0.15) is 11.1 Å². The maximum absolute atomic E-state index is 12.0. The highest BCUT2D eigenvalue weighted by Crippen LogP contribution is 2.16. The second-order valence-corrected chi connectivity index (χ2v) is 5.08. The van der Waals surface area contributed by atoms with Crippen LogP contribution >= 0.6 is 15.9 Å². The van der Waals surface area contributed by atoms with Crippen LogP contribution in [0.2, 0.25) is 0 Å². The number of nitrogens with one attached hydrogen (secondary N) is 1. The minimum absolute atomic E-state index is 0.158. The summed E-state index contributed by atoms with van der Waals surface area (Å²) in [6.07, 6.45) is 1.80. The van der Waals surface area contributed by atoms with Crippen molar-refractivity contribution in [3.8, 4) is 0 Å². The zero-order valence-electron chi connectivity index (χ0n) is 10.6. The number of carbonyl (C=O) groups is 1. The largest absolute Gasteiger partial charge is 0.322 e. The van der Waals surface area contributed by atoms with Crippen molar-refractivity contribution in [1.29, 1.82) is 0 Å². The second-order valence-electron chi connectivity index (χ2n) is 4.23. The summed E-state index contributed by atoms with van der Waals surface area (Å²) in [7, 11) is 0. The van der Waals surface area contributed by atoms with E-state index in [0.717, 1.165) is 16.8 Å². The second kappa shape index (κ2) is 6.34. The maximum atomic E-state index is 12.0. The first-order valence-corrected chi connectivity index (χ1v) is 6.75. The lowest BCUT2D eigenvalue weighted by Crippen LogP contribution is -2.11. The summed E-state index contributed by atoms with van der Waals surface area (Å²) in [5, 5.41) is 2.85. The average molecular weight is 316 g/mol. The van der Waals surface area contributed by atoms with Gasteiger partial charge in [0.15, 0.2) is 0 Å². The van der Waals surface area contributed by atoms with E-state index in [-0.39, 0.29) is 5.91 Å². The molecule has 0 bridgehead atoms. The third-order valence-corrected chi connectivity index (χ3v) is 3.17. The van der Waals surface area contributed by atoms with Crippen molar-refractivity contribution in [3.05, 3.63) is 70.2 Å². The van der Waals surface area contributed by atoms with Gasteiger partial charge in [-0.1, -0.05) is 42.5 Å². The molecule has 0 aliphatic heterocycles. The Bertz CT molecular complexity index is 605. The molecule has 0 atom stereocenters. The van der Waals surface area contributed by atoms with E-state index in [1.54, 1.807) is 6.08 Å². The molecule has 0 aliphatic carbocycles. The predicted molar refractivity (Wildman–Crippen MR) is 83.2 cm³/mol. The van der Waals surface area contributed by atoms with Crippen LogP contribution in [0.5, 0.6) is 0 Å². The molecule has 0 aliphatic rings. The number of hydrogen-bond acceptors (Lipinski definition) is 1. The summed E-state index contributed by atoms with van der Waals surface area (Å²) in [5.41, 5.74) is 2.89. The fourth-order valence-corrected chi connectivity index (χ4v) is 2.04. The van der Waals surface area contributed by atoms with Crippen molar-refractivity contribution in [2.75, 3.05) is 5.32 Å². The summed E-state index contributed by atoms with van der Waals surface area (Å²) in [4.78, 5) is 12.0. The monoisotopic (exact) mass is 315 g/mol. The smallest absolute Gasteiger partial charge is 0.262 e. The van der Waals surface area contributed by atoms with Gasteiger partial charge >= 0.3 is 0 Å². The van der Waals surface area contributed by atoms with Gasteiger partial charge in [-0.2, -0.15) is 0 Å². The lowest BCUT2D eigenvalue weighted by molar-refractivity contribution is -0.112. The van der Waals surface area contributed by atoms with E-state index in [1.165, 1.54) is 0 Å². The van der Waals surface area contributed by atoms with E-state index in [4.69, 9.17) is 0 Å². The van der Waals surface area contributed by atoms with E-state index in [2.05, 4.69) is 21.2 Å². The Morgan fingerprint density at radius 3 is 2.53 bits per heavy atom. The van der Waals surface area contributed by atoms with E-state index >= 15 is 0 Å². The minimum atomic E-state index is -0.158. The Morgan fingerprint density at radius 2 is 1.84 bits per heavy atom. The molecule has 1 amide bonds. The zero-order valence-corrected chi connectivity index (χ0v) is 12.1. The number of carbonyl (C=O) groups excluding carboxylic acids is 1. The van der Waals surface area contributed by atoms with Gasteiger partial charge in [0.05, 0.1) is 4.48 Å². The summed E-state index contributed by atoms with van der Waals surface area (Å²) in [5.74, 6) is -0.158. The number of halogens is 1. The average Bonchev–Trinajstić information content (AvgIpc) is 2.40. The van der Waals surface area contributed by atoms with E-state index in [0.29, 0.717) is 4.48 Å². The summed E-state index contributed by atoms with van der Waals surface area (Å²) >= 11 is 3.31. The molecule has 0 aromatic heterocycles. The quantitative estimate of drug-likeness (QED) is 0.837. The van der Waals surface area contributed by atoms with Crippen LogP contribution in [0.3, 0.4) is 0 Å². The van der Waals surface area contributed by atoms with Gasteiger partial charge in [-0.3, -0.25) is 4.79 Å². The van der Waals surface area contributed by atoms with E-state index in [9.17, 15) is 4.79 Å². The molecule has 96 valence electrons. The van der Waals surface area contributed by atoms with Crippen molar-refractivity contribution in [3.63, 3.8) is 0 Å². The number of benzene rings is 2. The van der Waals surface area contributed by atoms with Crippen molar-refractivity contribution in [2.45, 2.75) is 6.92 Å². The van der Waals surface area contributed by atoms with Crippen LogP contribution in [0.25, 0.3) is 6.08 Å². The summed E-state index contributed by atoms with van der Waals surface area (Å²) in [6, 6.07) is 17.4. The SMILES string of the molecule is Cc1cccc(NC(=O)C(Br)=Cc2ccccc2)c1. The molecule has 19 heavy (non-hydrogen) atoms. The van der Waals surface area contributed by atoms with Gasteiger partial charge in [0.2, 0.25) is 0 Å². The number of anilines is 1. The van der Waals surface area contributed by atoms with Crippen LogP contribution in [-0.2, 0) is 4.79 Å². The molecule has 0 fully saturated rings. The van der Waals surface area contributed by atoms with Crippen LogP contribution < -0.4 is 5.32 Å². The molecule has 2 aromatic carbocycles. The van der Waals surface area contributed by atoms with Gasteiger partial charge in [0.25, 0.3) is 5.91 Å². The zero-order chi connectivity index (χ0) is 13.7. The van der Waals surface area contributed by atoms with Crippen LogP contribution in [0, 0.1) is 6.92 Å². The first-order valence-electron chi connectivity index (χ1n) is 5.95. The molecular weight excluding hydrogens is 302 g/mol. The van der Waals surface area contributed by atoms with Gasteiger partial charge < -0.3 is 5.32 Å². The Balaban J connectivity index is 2.10. The molecule has 2 aromatic rings. The standard InChI is InChI=1S/C16H14BrNO/c1-12-6-5-9-14(10-12)18-16(19)15(17)11-13-7-3-2-4-8-13/h2-11H,1H3,(H,18,19). The van der Waals surface area contributed by atoms with E-state index < -0.39 is 0 Å². The molecule has 0 saturated heterocycles. The summed E-state index contributed by atoms with van der Waals surface area (Å²) < 4.78 is 0.500. The Morgan fingerprint density at radius 1 is 1.11 bits per heavy atom. The molecule has 3 heteroatoms. The first kappa shape index (κ1) is 13.6. The van der Waals surface area contributed by atoms with Crippen molar-refractivity contribution < 1.29 is 4.79 Å². The molecule has 2 rings (SSSR count). The third-order valence-electron chi connectivity index (χ3n) is 2.59. The van der Waals surface area contributed by atoms with Gasteiger partial charge in [-0.25, -0.2) is 0 Å². The first-order chi connectivity index (χ1) is 9.15. The lowest BCUT2D eigenvalue weighted by Gasteiger charge is -2.05. The molecule has 0 saturated carbocycles. The highest BCUT2D eigenvalue weighted by atomic mass is 79.9. The lowest BCUT2D eigenvalue weighted by atomic mass is 10.2. The summed E-state index contributed by atoms with van der Waals surface area (Å²) in [6.45, 7) is 1.99. The number of rotatable bonds is 3. The van der Waals surface area contributed by atoms with Gasteiger partial charge in [0.1, 0.15) is 0 Å². The Labute approximate surface area is 121 Å². The molecule has 0 spiro atoms. The van der Waals surface area contributed by atoms with Crippen molar-refractivity contribution >= 4 is 33.6 Å². The normalized spacial score (nSPS) is 11.2. The van der Waals surface area contributed by atoms with Crippen LogP contribution in [0.15, 0.2) is 59.1 Å². The van der Waals surface area contributed by atoms with Gasteiger partial charge in [0, 0.05) is 5.69 Å². The molecule has 0 unspecified atom stereocenters. The van der Waals surface area contributed by atoms with Crippen LogP contribution in [-0.4, -0.2) is 5.91 Å². The fraction of sp³-hybridized carbons (Fsp3) is 0.0625. The number of amides is 1. The highest BCUT2D eigenvalue weighted by molar-refractivity contribution is 9.12. The maximum Gasteiger partial charge on any atom is 0.262 e. The van der Waals surface area contributed by atoms with Crippen molar-refractivity contribution in [2.24, 2.45) is 0 Å². The molecule has 0 heterocycles. The minimum Gasteiger partial charge on any atom is -0.322 e. The highest BCUT2D eigenvalue weighted by Gasteiger charge is 2.06. The van der Waals surface area contributed by atoms with Gasteiger partial charge in [-0.05, 0) is 52.2 Å². The van der Waals surface area contributed by atoms with E-state index in [1.807, 2.05) is 61.5 Å². The topological polar surface area (TPSA) is 29.1 Å². The number of hydrogen-bond donors (Lipinski definition) is 1.